The third kappa shape index (κ3) is 4.58. The largest absolute Gasteiger partial charge is 0.465 e. The van der Waals surface area contributed by atoms with Crippen LogP contribution >= 0.6 is 0 Å². The van der Waals surface area contributed by atoms with Crippen molar-refractivity contribution in [3.8, 4) is 0 Å². The van der Waals surface area contributed by atoms with Gasteiger partial charge in [0.2, 0.25) is 5.91 Å². The Hall–Kier alpha value is -2.47. The van der Waals surface area contributed by atoms with Crippen molar-refractivity contribution in [3.63, 3.8) is 0 Å². The van der Waals surface area contributed by atoms with E-state index in [1.54, 1.807) is 0 Å². The number of para-hydroxylation sites is 1. The molecule has 1 heterocycles. The van der Waals surface area contributed by atoms with Gasteiger partial charge in [0.1, 0.15) is 0 Å². The number of fused-ring (bicyclic) bond motifs is 1. The molecule has 1 aromatic carbocycles. The Morgan fingerprint density at radius 2 is 1.96 bits per heavy atom. The second-order valence-corrected chi connectivity index (χ2v) is 6.59. The van der Waals surface area contributed by atoms with Crippen molar-refractivity contribution in [2.45, 2.75) is 40.3 Å². The maximum absolute atomic E-state index is 12.4. The first-order chi connectivity index (χ1) is 12.4. The van der Waals surface area contributed by atoms with Gasteiger partial charge in [-0.15, -0.1) is 0 Å². The fraction of sp³-hybridized carbons (Fsp3) is 0.450. The molecule has 0 unspecified atom stereocenters. The van der Waals surface area contributed by atoms with Crippen molar-refractivity contribution in [2.24, 2.45) is 0 Å². The number of nitrogens with zero attached hydrogens (tertiary/aromatic N) is 2. The number of pyridine rings is 1. The molecule has 0 aliphatic rings. The lowest BCUT2D eigenvalue weighted by molar-refractivity contribution is -0.122. The summed E-state index contributed by atoms with van der Waals surface area (Å²) in [5.74, 6) is -0.447. The van der Waals surface area contributed by atoms with Gasteiger partial charge in [0.05, 0.1) is 30.4 Å². The number of carbonyl (C=O) groups excluding carboxylic acids is 2. The Bertz CT molecular complexity index is 802. The number of esters is 1. The Morgan fingerprint density at radius 3 is 2.58 bits per heavy atom. The van der Waals surface area contributed by atoms with Crippen LogP contribution in [0.25, 0.3) is 10.9 Å². The summed E-state index contributed by atoms with van der Waals surface area (Å²) in [5, 5.41) is 3.82. The number of rotatable bonds is 7. The molecule has 6 heteroatoms. The summed E-state index contributed by atoms with van der Waals surface area (Å²) in [6, 6.07) is 7.81. The first-order valence-electron chi connectivity index (χ1n) is 8.85. The van der Waals surface area contributed by atoms with E-state index in [1.807, 2.05) is 56.9 Å². The molecular weight excluding hydrogens is 330 g/mol. The van der Waals surface area contributed by atoms with Gasteiger partial charge in [-0.2, -0.15) is 0 Å². The van der Waals surface area contributed by atoms with E-state index < -0.39 is 5.97 Å². The molecule has 140 valence electrons. The van der Waals surface area contributed by atoms with Crippen LogP contribution in [-0.2, 0) is 16.1 Å². The van der Waals surface area contributed by atoms with Gasteiger partial charge >= 0.3 is 5.97 Å². The number of amides is 1. The first-order valence-corrected chi connectivity index (χ1v) is 8.85. The van der Waals surface area contributed by atoms with E-state index >= 15 is 0 Å². The van der Waals surface area contributed by atoms with Crippen LogP contribution in [-0.4, -0.2) is 48.0 Å². The number of methoxy groups -OCH3 is 1. The fourth-order valence-corrected chi connectivity index (χ4v) is 2.99. The van der Waals surface area contributed by atoms with Crippen molar-refractivity contribution >= 4 is 22.8 Å². The second-order valence-electron chi connectivity index (χ2n) is 6.59. The van der Waals surface area contributed by atoms with Crippen LogP contribution in [0.5, 0.6) is 0 Å². The standard InChI is InChI=1S/C20H27N3O3/c1-6-23(12-18(24)21-13(2)3)11-17-19(20(25)26-5)14(4)15-9-7-8-10-16(15)22-17/h7-10,13H,6,11-12H2,1-5H3,(H,21,24). The van der Waals surface area contributed by atoms with Gasteiger partial charge in [0, 0.05) is 18.0 Å². The number of nitrogens with one attached hydrogen (secondary N) is 1. The molecule has 1 N–H and O–H groups in total. The molecule has 0 radical (unpaired) electrons. The maximum Gasteiger partial charge on any atom is 0.340 e. The minimum absolute atomic E-state index is 0.0426. The summed E-state index contributed by atoms with van der Waals surface area (Å²) in [6.45, 7) is 9.06. The molecule has 2 aromatic rings. The minimum atomic E-state index is -0.404. The van der Waals surface area contributed by atoms with Gasteiger partial charge in [-0.25, -0.2) is 4.79 Å². The molecule has 0 aliphatic carbocycles. The highest BCUT2D eigenvalue weighted by Gasteiger charge is 2.21. The lowest BCUT2D eigenvalue weighted by Gasteiger charge is -2.22. The second kappa shape index (κ2) is 8.76. The zero-order valence-electron chi connectivity index (χ0n) is 16.1. The predicted octanol–water partition coefficient (Wildman–Crippen LogP) is 2.68. The normalized spacial score (nSPS) is 11.2. The molecule has 1 aromatic heterocycles. The van der Waals surface area contributed by atoms with E-state index in [4.69, 9.17) is 4.74 Å². The van der Waals surface area contributed by atoms with E-state index in [9.17, 15) is 9.59 Å². The summed E-state index contributed by atoms with van der Waals surface area (Å²) in [6.07, 6.45) is 0. The zero-order valence-corrected chi connectivity index (χ0v) is 16.1. The summed E-state index contributed by atoms with van der Waals surface area (Å²) >= 11 is 0. The monoisotopic (exact) mass is 357 g/mol. The average molecular weight is 357 g/mol. The molecular formula is C20H27N3O3. The summed E-state index contributed by atoms with van der Waals surface area (Å²) in [5.41, 5.74) is 2.79. The zero-order chi connectivity index (χ0) is 19.3. The van der Waals surface area contributed by atoms with Crippen LogP contribution in [0.3, 0.4) is 0 Å². The van der Waals surface area contributed by atoms with Crippen LogP contribution < -0.4 is 5.32 Å². The molecule has 0 aliphatic heterocycles. The lowest BCUT2D eigenvalue weighted by atomic mass is 10.0. The highest BCUT2D eigenvalue weighted by Crippen LogP contribution is 2.24. The molecule has 6 nitrogen and oxygen atoms in total. The van der Waals surface area contributed by atoms with E-state index in [0.717, 1.165) is 16.5 Å². The van der Waals surface area contributed by atoms with Crippen molar-refractivity contribution in [1.29, 1.82) is 0 Å². The summed E-state index contributed by atoms with van der Waals surface area (Å²) in [4.78, 5) is 31.1. The molecule has 0 bridgehead atoms. The number of aromatic nitrogens is 1. The Balaban J connectivity index is 2.40. The minimum Gasteiger partial charge on any atom is -0.465 e. The third-order valence-electron chi connectivity index (χ3n) is 4.25. The number of aryl methyl sites for hydroxylation is 1. The number of benzene rings is 1. The molecule has 2 rings (SSSR count). The van der Waals surface area contributed by atoms with Crippen molar-refractivity contribution in [1.82, 2.24) is 15.2 Å². The maximum atomic E-state index is 12.4. The van der Waals surface area contributed by atoms with Crippen molar-refractivity contribution in [3.05, 3.63) is 41.1 Å². The summed E-state index contributed by atoms with van der Waals surface area (Å²) in [7, 11) is 1.37. The average Bonchev–Trinajstić information content (AvgIpc) is 2.60. The molecule has 1 amide bonds. The quantitative estimate of drug-likeness (QED) is 0.772. The van der Waals surface area contributed by atoms with E-state index in [1.165, 1.54) is 7.11 Å². The number of carbonyl (C=O) groups is 2. The van der Waals surface area contributed by atoms with Crippen LogP contribution in [0, 0.1) is 6.92 Å². The topological polar surface area (TPSA) is 71.5 Å². The molecule has 0 atom stereocenters. The fourth-order valence-electron chi connectivity index (χ4n) is 2.99. The first kappa shape index (κ1) is 19.8. The van der Waals surface area contributed by atoms with Gasteiger partial charge in [0.15, 0.2) is 0 Å². The predicted molar refractivity (Wildman–Crippen MR) is 102 cm³/mol. The number of ether oxygens (including phenoxy) is 1. The van der Waals surface area contributed by atoms with Gasteiger partial charge in [0.25, 0.3) is 0 Å². The Kier molecular flexibility index (Phi) is 6.69. The molecule has 0 saturated heterocycles. The van der Waals surface area contributed by atoms with Gasteiger partial charge in [-0.05, 0) is 38.9 Å². The number of hydrogen-bond acceptors (Lipinski definition) is 5. The van der Waals surface area contributed by atoms with Crippen molar-refractivity contribution in [2.75, 3.05) is 20.2 Å². The van der Waals surface area contributed by atoms with Crippen LogP contribution in [0.15, 0.2) is 24.3 Å². The summed E-state index contributed by atoms with van der Waals surface area (Å²) < 4.78 is 4.98. The van der Waals surface area contributed by atoms with E-state index in [-0.39, 0.29) is 18.5 Å². The smallest absolute Gasteiger partial charge is 0.340 e. The molecule has 26 heavy (non-hydrogen) atoms. The molecule has 0 saturated carbocycles. The third-order valence-corrected chi connectivity index (χ3v) is 4.25. The van der Waals surface area contributed by atoms with Crippen molar-refractivity contribution < 1.29 is 14.3 Å². The lowest BCUT2D eigenvalue weighted by Crippen LogP contribution is -2.40. The Labute approximate surface area is 154 Å². The Morgan fingerprint density at radius 1 is 1.27 bits per heavy atom. The highest BCUT2D eigenvalue weighted by molar-refractivity contribution is 5.98. The van der Waals surface area contributed by atoms with Gasteiger partial charge < -0.3 is 10.1 Å². The van der Waals surface area contributed by atoms with Crippen LogP contribution in [0.2, 0.25) is 0 Å². The van der Waals surface area contributed by atoms with Gasteiger partial charge in [-0.1, -0.05) is 25.1 Å². The number of likely N-dealkylation sites (N-methyl/N-ethyl adjacent to an activating group) is 1. The van der Waals surface area contributed by atoms with E-state index in [2.05, 4.69) is 10.3 Å². The van der Waals surface area contributed by atoms with Gasteiger partial charge in [-0.3, -0.25) is 14.7 Å². The molecule has 0 fully saturated rings. The van der Waals surface area contributed by atoms with Crippen LogP contribution in [0.4, 0.5) is 0 Å². The SMILES string of the molecule is CCN(CC(=O)NC(C)C)Cc1nc2ccccc2c(C)c1C(=O)OC. The number of hydrogen-bond donors (Lipinski definition) is 1. The van der Waals surface area contributed by atoms with Crippen LogP contribution in [0.1, 0.15) is 42.4 Å². The highest BCUT2D eigenvalue weighted by atomic mass is 16.5. The van der Waals surface area contributed by atoms with E-state index in [0.29, 0.717) is 24.3 Å². The molecule has 0 spiro atoms.